The number of rotatable bonds is 3. The Morgan fingerprint density at radius 3 is 2.22 bits per heavy atom. The van der Waals surface area contributed by atoms with Crippen molar-refractivity contribution < 1.29 is 4.39 Å². The van der Waals surface area contributed by atoms with Crippen LogP contribution in [0.25, 0.3) is 22.1 Å². The average Bonchev–Trinajstić information content (AvgIpc) is 2.59. The van der Waals surface area contributed by atoms with Crippen molar-refractivity contribution >= 4 is 27.8 Å². The van der Waals surface area contributed by atoms with Crippen molar-refractivity contribution in [3.63, 3.8) is 0 Å². The summed E-state index contributed by atoms with van der Waals surface area (Å²) in [4.78, 5) is 9.37. The summed E-state index contributed by atoms with van der Waals surface area (Å²) < 4.78 is 13.0. The molecule has 1 N–H and O–H groups in total. The van der Waals surface area contributed by atoms with Gasteiger partial charge in [0.25, 0.3) is 0 Å². The zero-order valence-corrected chi connectivity index (χ0v) is 12.3. The number of nitrogens with zero attached hydrogens (tertiary/aromatic N) is 2. The summed E-state index contributed by atoms with van der Waals surface area (Å²) in [5.41, 5.74) is 5.38. The number of halogens is 1. The molecule has 0 spiro atoms. The molecule has 0 bridgehead atoms. The molecule has 0 aliphatic heterocycles. The van der Waals surface area contributed by atoms with Crippen LogP contribution in [0.1, 0.15) is 5.56 Å². The van der Waals surface area contributed by atoms with Crippen molar-refractivity contribution in [1.82, 2.24) is 9.97 Å². The van der Waals surface area contributed by atoms with Crippen LogP contribution < -0.4 is 5.32 Å². The first-order valence-corrected chi connectivity index (χ1v) is 7.43. The molecule has 1 heterocycles. The van der Waals surface area contributed by atoms with Gasteiger partial charge in [0, 0.05) is 6.54 Å². The van der Waals surface area contributed by atoms with E-state index in [9.17, 15) is 4.39 Å². The van der Waals surface area contributed by atoms with E-state index in [1.165, 1.54) is 12.1 Å². The molecule has 4 aromatic rings. The van der Waals surface area contributed by atoms with Crippen molar-refractivity contribution in [1.29, 1.82) is 0 Å². The van der Waals surface area contributed by atoms with E-state index in [1.54, 1.807) is 12.1 Å². The molecule has 0 amide bonds. The quantitative estimate of drug-likeness (QED) is 0.565. The highest BCUT2D eigenvalue weighted by Gasteiger charge is 2.06. The highest BCUT2D eigenvalue weighted by atomic mass is 19.1. The molecule has 112 valence electrons. The Morgan fingerprint density at radius 2 is 1.43 bits per heavy atom. The summed E-state index contributed by atoms with van der Waals surface area (Å²) >= 11 is 0. The van der Waals surface area contributed by atoms with Gasteiger partial charge >= 0.3 is 0 Å². The Morgan fingerprint density at radius 1 is 0.739 bits per heavy atom. The Labute approximate surface area is 132 Å². The van der Waals surface area contributed by atoms with Crippen LogP contribution in [0.3, 0.4) is 0 Å². The fourth-order valence-corrected chi connectivity index (χ4v) is 2.58. The van der Waals surface area contributed by atoms with Crippen LogP contribution in [-0.4, -0.2) is 9.97 Å². The van der Waals surface area contributed by atoms with E-state index in [0.29, 0.717) is 6.54 Å². The lowest BCUT2D eigenvalue weighted by molar-refractivity contribution is 0.627. The first-order valence-electron chi connectivity index (χ1n) is 7.43. The molecule has 0 aliphatic carbocycles. The maximum Gasteiger partial charge on any atom is 0.123 e. The lowest BCUT2D eigenvalue weighted by atomic mass is 10.2. The molecule has 0 saturated carbocycles. The highest BCUT2D eigenvalue weighted by molar-refractivity contribution is 5.93. The number of para-hydroxylation sites is 3. The van der Waals surface area contributed by atoms with Crippen molar-refractivity contribution in [2.45, 2.75) is 6.54 Å². The van der Waals surface area contributed by atoms with E-state index in [-0.39, 0.29) is 5.82 Å². The van der Waals surface area contributed by atoms with E-state index in [0.717, 1.165) is 33.3 Å². The summed E-state index contributed by atoms with van der Waals surface area (Å²) in [6.45, 7) is 0.605. The second kappa shape index (κ2) is 5.65. The Balaban J connectivity index is 1.71. The molecule has 0 aliphatic rings. The maximum atomic E-state index is 13.0. The SMILES string of the molecule is Fc1ccc(CNc2cccc3nc4ccccc4nc23)cc1. The monoisotopic (exact) mass is 303 g/mol. The minimum absolute atomic E-state index is 0.226. The van der Waals surface area contributed by atoms with Crippen LogP contribution >= 0.6 is 0 Å². The Bertz CT molecular complexity index is 981. The fourth-order valence-electron chi connectivity index (χ4n) is 2.58. The first kappa shape index (κ1) is 13.6. The third kappa shape index (κ3) is 2.71. The van der Waals surface area contributed by atoms with Gasteiger partial charge < -0.3 is 5.32 Å². The Hall–Kier alpha value is -3.01. The van der Waals surface area contributed by atoms with Gasteiger partial charge in [0.15, 0.2) is 0 Å². The summed E-state index contributed by atoms with van der Waals surface area (Å²) in [6, 6.07) is 20.2. The number of hydrogen-bond acceptors (Lipinski definition) is 3. The minimum atomic E-state index is -0.226. The molecule has 4 rings (SSSR count). The molecular formula is C19H14FN3. The first-order chi connectivity index (χ1) is 11.3. The van der Waals surface area contributed by atoms with Crippen molar-refractivity contribution in [2.75, 3.05) is 5.32 Å². The van der Waals surface area contributed by atoms with Gasteiger partial charge in [-0.1, -0.05) is 30.3 Å². The molecular weight excluding hydrogens is 289 g/mol. The lowest BCUT2D eigenvalue weighted by Crippen LogP contribution is -2.01. The van der Waals surface area contributed by atoms with E-state index in [4.69, 9.17) is 4.98 Å². The van der Waals surface area contributed by atoms with Crippen LogP contribution in [0.2, 0.25) is 0 Å². The molecule has 4 heteroatoms. The normalized spacial score (nSPS) is 11.0. The maximum absolute atomic E-state index is 13.0. The fraction of sp³-hybridized carbons (Fsp3) is 0.0526. The van der Waals surface area contributed by atoms with Gasteiger partial charge in [-0.15, -0.1) is 0 Å². The lowest BCUT2D eigenvalue weighted by Gasteiger charge is -2.10. The molecule has 0 radical (unpaired) electrons. The van der Waals surface area contributed by atoms with Crippen LogP contribution in [0.4, 0.5) is 10.1 Å². The van der Waals surface area contributed by atoms with E-state index < -0.39 is 0 Å². The van der Waals surface area contributed by atoms with Gasteiger partial charge in [0.1, 0.15) is 11.3 Å². The summed E-state index contributed by atoms with van der Waals surface area (Å²) in [5.74, 6) is -0.226. The smallest absolute Gasteiger partial charge is 0.123 e. The average molecular weight is 303 g/mol. The van der Waals surface area contributed by atoms with Crippen LogP contribution in [0, 0.1) is 5.82 Å². The van der Waals surface area contributed by atoms with Gasteiger partial charge in [0.2, 0.25) is 0 Å². The van der Waals surface area contributed by atoms with Crippen molar-refractivity contribution in [3.05, 3.63) is 78.1 Å². The third-order valence-electron chi connectivity index (χ3n) is 3.77. The van der Waals surface area contributed by atoms with Gasteiger partial charge in [-0.2, -0.15) is 0 Å². The number of benzene rings is 3. The molecule has 0 unspecified atom stereocenters. The highest BCUT2D eigenvalue weighted by Crippen LogP contribution is 2.23. The molecule has 3 nitrogen and oxygen atoms in total. The minimum Gasteiger partial charge on any atom is -0.379 e. The third-order valence-corrected chi connectivity index (χ3v) is 3.77. The Kier molecular flexibility index (Phi) is 3.35. The molecule has 1 aromatic heterocycles. The van der Waals surface area contributed by atoms with Gasteiger partial charge in [0.05, 0.1) is 22.2 Å². The number of anilines is 1. The van der Waals surface area contributed by atoms with E-state index in [1.807, 2.05) is 42.5 Å². The zero-order chi connectivity index (χ0) is 15.6. The largest absolute Gasteiger partial charge is 0.379 e. The standard InChI is InChI=1S/C19H14FN3/c20-14-10-8-13(9-11-14)12-21-17-6-3-7-18-19(17)23-16-5-2-1-4-15(16)22-18/h1-11,21H,12H2. The second-order valence-electron chi connectivity index (χ2n) is 5.37. The zero-order valence-electron chi connectivity index (χ0n) is 12.3. The molecule has 0 saturated heterocycles. The van der Waals surface area contributed by atoms with Gasteiger partial charge in [-0.3, -0.25) is 0 Å². The van der Waals surface area contributed by atoms with E-state index in [2.05, 4.69) is 10.3 Å². The van der Waals surface area contributed by atoms with Crippen LogP contribution in [0.5, 0.6) is 0 Å². The molecule has 3 aromatic carbocycles. The number of hydrogen-bond donors (Lipinski definition) is 1. The molecule has 23 heavy (non-hydrogen) atoms. The molecule has 0 fully saturated rings. The number of aromatic nitrogens is 2. The molecule has 0 atom stereocenters. The van der Waals surface area contributed by atoms with Crippen LogP contribution in [0.15, 0.2) is 66.7 Å². The summed E-state index contributed by atoms with van der Waals surface area (Å²) in [5, 5.41) is 3.36. The predicted molar refractivity (Wildman–Crippen MR) is 90.8 cm³/mol. The number of nitrogens with one attached hydrogen (secondary N) is 1. The topological polar surface area (TPSA) is 37.8 Å². The van der Waals surface area contributed by atoms with Gasteiger partial charge in [-0.05, 0) is 42.0 Å². The van der Waals surface area contributed by atoms with Crippen LogP contribution in [-0.2, 0) is 6.54 Å². The van der Waals surface area contributed by atoms with Crippen molar-refractivity contribution in [2.24, 2.45) is 0 Å². The van der Waals surface area contributed by atoms with Crippen molar-refractivity contribution in [3.8, 4) is 0 Å². The second-order valence-corrected chi connectivity index (χ2v) is 5.37. The van der Waals surface area contributed by atoms with E-state index >= 15 is 0 Å². The summed E-state index contributed by atoms with van der Waals surface area (Å²) in [7, 11) is 0. The number of fused-ring (bicyclic) bond motifs is 2. The van der Waals surface area contributed by atoms with Gasteiger partial charge in [-0.25, -0.2) is 14.4 Å². The summed E-state index contributed by atoms with van der Waals surface area (Å²) in [6.07, 6.45) is 0. The predicted octanol–water partition coefficient (Wildman–Crippen LogP) is 4.53.